The molecule has 3 aromatic carbocycles. The minimum Gasteiger partial charge on any atom is -0.461 e. The van der Waals surface area contributed by atoms with Crippen molar-refractivity contribution in [2.75, 3.05) is 0 Å². The first kappa shape index (κ1) is 24.3. The fourth-order valence-corrected chi connectivity index (χ4v) is 4.69. The van der Waals surface area contributed by atoms with Crippen LogP contribution in [-0.4, -0.2) is 18.0 Å². The summed E-state index contributed by atoms with van der Waals surface area (Å²) in [6.45, 7) is 6.16. The number of allylic oxidation sites excluding steroid dienone is 1. The van der Waals surface area contributed by atoms with Gasteiger partial charge in [-0.15, -0.1) is 0 Å². The third-order valence-electron chi connectivity index (χ3n) is 6.39. The van der Waals surface area contributed by atoms with Gasteiger partial charge in [0.2, 0.25) is 0 Å². The second-order valence-corrected chi connectivity index (χ2v) is 9.04. The monoisotopic (exact) mass is 469 g/mol. The highest BCUT2D eigenvalue weighted by Gasteiger charge is 2.44. The molecule has 0 aromatic heterocycles. The predicted octanol–water partition coefficient (Wildman–Crippen LogP) is 5.45. The first-order valence-corrected chi connectivity index (χ1v) is 11.9. The molecule has 0 radical (unpaired) electrons. The van der Waals surface area contributed by atoms with Gasteiger partial charge in [0, 0.05) is 17.7 Å². The van der Waals surface area contributed by atoms with E-state index < -0.39 is 17.8 Å². The average Bonchev–Trinajstić information content (AvgIpc) is 2.86. The van der Waals surface area contributed by atoms with Crippen LogP contribution >= 0.6 is 0 Å². The zero-order valence-corrected chi connectivity index (χ0v) is 20.4. The molecule has 0 saturated heterocycles. The van der Waals surface area contributed by atoms with Crippen molar-refractivity contribution in [3.63, 3.8) is 0 Å². The summed E-state index contributed by atoms with van der Waals surface area (Å²) in [5.74, 6) is -1.86. The van der Waals surface area contributed by atoms with Gasteiger partial charge < -0.3 is 14.8 Å². The van der Waals surface area contributed by atoms with Gasteiger partial charge in [-0.1, -0.05) is 90.5 Å². The van der Waals surface area contributed by atoms with Crippen LogP contribution in [0.2, 0.25) is 0 Å². The number of aryl methyl sites for hydroxylation is 1. The molecular formula is C30H31NO4. The summed E-state index contributed by atoms with van der Waals surface area (Å²) in [6.07, 6.45) is 0. The van der Waals surface area contributed by atoms with E-state index in [2.05, 4.69) is 5.32 Å². The second-order valence-electron chi connectivity index (χ2n) is 9.04. The number of carbonyl (C=O) groups excluding carboxylic acids is 2. The van der Waals surface area contributed by atoms with Crippen LogP contribution < -0.4 is 5.32 Å². The Morgan fingerprint density at radius 1 is 0.800 bits per heavy atom. The van der Waals surface area contributed by atoms with Gasteiger partial charge in [0.25, 0.3) is 0 Å². The van der Waals surface area contributed by atoms with Gasteiger partial charge in [-0.25, -0.2) is 4.79 Å². The quantitative estimate of drug-likeness (QED) is 0.467. The van der Waals surface area contributed by atoms with Crippen molar-refractivity contribution >= 4 is 11.9 Å². The van der Waals surface area contributed by atoms with Gasteiger partial charge in [0.05, 0.1) is 11.5 Å². The van der Waals surface area contributed by atoms with Gasteiger partial charge in [-0.2, -0.15) is 0 Å². The Hall–Kier alpha value is -3.86. The van der Waals surface area contributed by atoms with E-state index in [1.807, 2.05) is 106 Å². The number of ether oxygens (including phenoxy) is 2. The largest absolute Gasteiger partial charge is 0.461 e. The minimum absolute atomic E-state index is 0.162. The highest BCUT2D eigenvalue weighted by molar-refractivity contribution is 5.93. The lowest BCUT2D eigenvalue weighted by Gasteiger charge is -2.38. The second kappa shape index (κ2) is 11.0. The number of hydrogen-bond donors (Lipinski definition) is 1. The Morgan fingerprint density at radius 2 is 1.40 bits per heavy atom. The highest BCUT2D eigenvalue weighted by Crippen LogP contribution is 2.40. The van der Waals surface area contributed by atoms with Crippen molar-refractivity contribution in [3.05, 3.63) is 118 Å². The van der Waals surface area contributed by atoms with Crippen LogP contribution in [0.5, 0.6) is 0 Å². The molecule has 3 atom stereocenters. The van der Waals surface area contributed by atoms with Crippen LogP contribution in [0.4, 0.5) is 0 Å². The Kier molecular flexibility index (Phi) is 7.66. The van der Waals surface area contributed by atoms with Crippen LogP contribution in [0, 0.1) is 12.8 Å². The summed E-state index contributed by atoms with van der Waals surface area (Å²) in [5, 5.41) is 3.33. The molecule has 1 heterocycles. The van der Waals surface area contributed by atoms with Crippen LogP contribution in [0.15, 0.2) is 96.2 Å². The topological polar surface area (TPSA) is 64.6 Å². The lowest BCUT2D eigenvalue weighted by atomic mass is 9.73. The van der Waals surface area contributed by atoms with Crippen LogP contribution in [0.3, 0.4) is 0 Å². The zero-order chi connectivity index (χ0) is 24.8. The number of esters is 2. The van der Waals surface area contributed by atoms with Crippen molar-refractivity contribution in [1.82, 2.24) is 5.32 Å². The molecule has 1 N–H and O–H groups in total. The average molecular weight is 470 g/mol. The van der Waals surface area contributed by atoms with Crippen LogP contribution in [-0.2, 0) is 32.3 Å². The molecule has 0 spiro atoms. The minimum atomic E-state index is -0.594. The molecule has 0 bridgehead atoms. The third-order valence-corrected chi connectivity index (χ3v) is 6.39. The van der Waals surface area contributed by atoms with E-state index in [4.69, 9.17) is 9.47 Å². The molecule has 180 valence electrons. The summed E-state index contributed by atoms with van der Waals surface area (Å²) in [7, 11) is 0. The molecule has 0 aliphatic carbocycles. The number of hydrogen-bond acceptors (Lipinski definition) is 5. The molecule has 0 fully saturated rings. The highest BCUT2D eigenvalue weighted by atomic mass is 16.5. The molecule has 0 amide bonds. The molecule has 1 aliphatic heterocycles. The summed E-state index contributed by atoms with van der Waals surface area (Å²) < 4.78 is 11.5. The first-order chi connectivity index (χ1) is 16.9. The van der Waals surface area contributed by atoms with Crippen molar-refractivity contribution in [2.45, 2.75) is 45.9 Å². The number of carbonyl (C=O) groups is 2. The van der Waals surface area contributed by atoms with Crippen molar-refractivity contribution < 1.29 is 19.1 Å². The van der Waals surface area contributed by atoms with E-state index in [1.165, 1.54) is 0 Å². The van der Waals surface area contributed by atoms with Crippen LogP contribution in [0.1, 0.15) is 42.0 Å². The third kappa shape index (κ3) is 5.80. The van der Waals surface area contributed by atoms with E-state index in [9.17, 15) is 9.59 Å². The molecule has 0 saturated carbocycles. The maximum Gasteiger partial charge on any atom is 0.336 e. The summed E-state index contributed by atoms with van der Waals surface area (Å²) in [6, 6.07) is 26.9. The van der Waals surface area contributed by atoms with E-state index in [0.29, 0.717) is 11.3 Å². The maximum atomic E-state index is 13.5. The summed E-state index contributed by atoms with van der Waals surface area (Å²) >= 11 is 0. The molecule has 5 nitrogen and oxygen atoms in total. The first-order valence-electron chi connectivity index (χ1n) is 11.9. The summed E-state index contributed by atoms with van der Waals surface area (Å²) in [5.41, 5.74) is 4.95. The van der Waals surface area contributed by atoms with Crippen molar-refractivity contribution in [3.8, 4) is 0 Å². The molecule has 1 aliphatic rings. The smallest absolute Gasteiger partial charge is 0.336 e. The lowest BCUT2D eigenvalue weighted by molar-refractivity contribution is -0.152. The summed E-state index contributed by atoms with van der Waals surface area (Å²) in [4.78, 5) is 26.9. The van der Waals surface area contributed by atoms with Gasteiger partial charge in [0.15, 0.2) is 0 Å². The van der Waals surface area contributed by atoms with E-state index in [0.717, 1.165) is 22.3 Å². The van der Waals surface area contributed by atoms with E-state index >= 15 is 0 Å². The Bertz CT molecular complexity index is 1200. The standard InChI is InChI=1S/C30H31NO4/c1-20-11-10-16-25(17-20)28-26(29(32)34-18-23-12-6-4-7-13-23)21(2)31-22(3)27(28)30(33)35-19-24-14-8-5-9-15-24/h4-17,21,26,28,31H,18-19H2,1-3H3. The van der Waals surface area contributed by atoms with Crippen LogP contribution in [0.25, 0.3) is 0 Å². The molecule has 4 rings (SSSR count). The molecule has 5 heteroatoms. The number of rotatable bonds is 7. The zero-order valence-electron chi connectivity index (χ0n) is 20.4. The number of benzene rings is 3. The fourth-order valence-electron chi connectivity index (χ4n) is 4.69. The molecule has 3 aromatic rings. The number of nitrogens with one attached hydrogen (secondary N) is 1. The molecule has 3 unspecified atom stereocenters. The lowest BCUT2D eigenvalue weighted by Crippen LogP contribution is -2.47. The Labute approximate surface area is 206 Å². The normalized spacial score (nSPS) is 19.6. The van der Waals surface area contributed by atoms with Gasteiger partial charge in [0.1, 0.15) is 13.2 Å². The Morgan fingerprint density at radius 3 is 2.00 bits per heavy atom. The van der Waals surface area contributed by atoms with E-state index in [1.54, 1.807) is 0 Å². The van der Waals surface area contributed by atoms with Gasteiger partial charge in [-0.05, 0) is 37.5 Å². The molecule has 35 heavy (non-hydrogen) atoms. The molecular weight excluding hydrogens is 438 g/mol. The fraction of sp³-hybridized carbons (Fsp3) is 0.267. The van der Waals surface area contributed by atoms with Crippen molar-refractivity contribution in [1.29, 1.82) is 0 Å². The SMILES string of the molecule is CC1=C(C(=O)OCc2ccccc2)C(c2cccc(C)c2)C(C(=O)OCc2ccccc2)C(C)N1. The van der Waals surface area contributed by atoms with E-state index in [-0.39, 0.29) is 25.2 Å². The maximum absolute atomic E-state index is 13.5. The predicted molar refractivity (Wildman–Crippen MR) is 135 cm³/mol. The van der Waals surface area contributed by atoms with Crippen molar-refractivity contribution in [2.24, 2.45) is 5.92 Å². The van der Waals surface area contributed by atoms with Gasteiger partial charge in [-0.3, -0.25) is 4.79 Å². The Balaban J connectivity index is 1.64. The van der Waals surface area contributed by atoms with Gasteiger partial charge >= 0.3 is 11.9 Å².